The molecule has 0 bridgehead atoms. The van der Waals surface area contributed by atoms with Crippen molar-refractivity contribution in [2.24, 2.45) is 0 Å². The van der Waals surface area contributed by atoms with Crippen molar-refractivity contribution >= 4 is 29.4 Å². The van der Waals surface area contributed by atoms with Crippen LogP contribution in [0.25, 0.3) is 0 Å². The van der Waals surface area contributed by atoms with Crippen molar-refractivity contribution in [1.29, 1.82) is 0 Å². The number of hydrogen-bond donors (Lipinski definition) is 2. The predicted molar refractivity (Wildman–Crippen MR) is 96.2 cm³/mol. The molecule has 0 spiro atoms. The summed E-state index contributed by atoms with van der Waals surface area (Å²) in [6.07, 6.45) is 2.17. The van der Waals surface area contributed by atoms with Crippen LogP contribution in [0, 0.1) is 0 Å². The first-order chi connectivity index (χ1) is 11.6. The van der Waals surface area contributed by atoms with E-state index < -0.39 is 0 Å². The summed E-state index contributed by atoms with van der Waals surface area (Å²) in [4.78, 5) is 14.1. The summed E-state index contributed by atoms with van der Waals surface area (Å²) < 4.78 is 5.30. The Morgan fingerprint density at radius 1 is 1.33 bits per heavy atom. The topological polar surface area (TPSA) is 73.9 Å². The third-order valence-corrected chi connectivity index (χ3v) is 6.00. The average Bonchev–Trinajstić information content (AvgIpc) is 3.06. The molecule has 1 fully saturated rings. The minimum atomic E-state index is -0.212. The maximum Gasteiger partial charge on any atom is 0.224 e. The van der Waals surface area contributed by atoms with Crippen molar-refractivity contribution in [1.82, 2.24) is 4.90 Å². The molecular weight excluding hydrogens is 346 g/mol. The Balaban J connectivity index is 1.64. The zero-order valence-corrected chi connectivity index (χ0v) is 14.7. The van der Waals surface area contributed by atoms with E-state index in [1.165, 1.54) is 6.07 Å². The lowest BCUT2D eigenvalue weighted by Gasteiger charge is -2.35. The quantitative estimate of drug-likeness (QED) is 0.762. The summed E-state index contributed by atoms with van der Waals surface area (Å²) in [6, 6.07) is 8.35. The van der Waals surface area contributed by atoms with Gasteiger partial charge in [0.25, 0.3) is 0 Å². The van der Waals surface area contributed by atoms with E-state index in [2.05, 4.69) is 0 Å². The third-order valence-electron chi connectivity index (χ3n) is 3.78. The van der Waals surface area contributed by atoms with E-state index in [0.717, 1.165) is 23.0 Å². The Bertz CT molecular complexity index is 690. The Hall–Kier alpha value is -1.73. The molecule has 128 valence electrons. The number of aromatic hydroxyl groups is 2. The summed E-state index contributed by atoms with van der Waals surface area (Å²) in [6.45, 7) is 0.613. The molecule has 1 aromatic heterocycles. The zero-order chi connectivity index (χ0) is 16.9. The highest BCUT2D eigenvalue weighted by molar-refractivity contribution is 7.99. The fourth-order valence-electron chi connectivity index (χ4n) is 2.59. The number of phenols is 2. The van der Waals surface area contributed by atoms with E-state index >= 15 is 0 Å². The van der Waals surface area contributed by atoms with Gasteiger partial charge in [0.1, 0.15) is 22.6 Å². The number of rotatable bonds is 6. The van der Waals surface area contributed by atoms with Gasteiger partial charge in [0, 0.05) is 36.1 Å². The SMILES string of the molecule is O=C1CCSC(c2ccc(O)cc2O)N1CCSCc1ccco1. The van der Waals surface area contributed by atoms with Gasteiger partial charge in [-0.1, -0.05) is 0 Å². The zero-order valence-electron chi connectivity index (χ0n) is 13.1. The van der Waals surface area contributed by atoms with Gasteiger partial charge in [0.2, 0.25) is 5.91 Å². The molecule has 0 aliphatic carbocycles. The number of hydrogen-bond acceptors (Lipinski definition) is 6. The largest absolute Gasteiger partial charge is 0.508 e. The van der Waals surface area contributed by atoms with Crippen LogP contribution < -0.4 is 0 Å². The summed E-state index contributed by atoms with van der Waals surface area (Å²) in [7, 11) is 0. The van der Waals surface area contributed by atoms with Crippen LogP contribution in [0.4, 0.5) is 0 Å². The highest BCUT2D eigenvalue weighted by Gasteiger charge is 2.31. The van der Waals surface area contributed by atoms with Crippen molar-refractivity contribution in [3.05, 3.63) is 47.9 Å². The fraction of sp³-hybridized carbons (Fsp3) is 0.353. The first-order valence-electron chi connectivity index (χ1n) is 7.68. The van der Waals surface area contributed by atoms with Gasteiger partial charge in [-0.15, -0.1) is 11.8 Å². The molecule has 1 aliphatic rings. The van der Waals surface area contributed by atoms with E-state index in [1.54, 1.807) is 41.9 Å². The highest BCUT2D eigenvalue weighted by atomic mass is 32.2. The first kappa shape index (κ1) is 17.1. The van der Waals surface area contributed by atoms with Crippen LogP contribution in [0.3, 0.4) is 0 Å². The van der Waals surface area contributed by atoms with Crippen LogP contribution in [0.1, 0.15) is 23.1 Å². The van der Waals surface area contributed by atoms with Crippen LogP contribution in [0.2, 0.25) is 0 Å². The molecule has 24 heavy (non-hydrogen) atoms. The second kappa shape index (κ2) is 7.90. The van der Waals surface area contributed by atoms with Gasteiger partial charge in [-0.25, -0.2) is 0 Å². The molecule has 2 N–H and O–H groups in total. The monoisotopic (exact) mass is 365 g/mol. The van der Waals surface area contributed by atoms with Crippen LogP contribution >= 0.6 is 23.5 Å². The van der Waals surface area contributed by atoms with Crippen molar-refractivity contribution in [2.45, 2.75) is 17.5 Å². The molecule has 1 aromatic carbocycles. The molecule has 0 saturated carbocycles. The van der Waals surface area contributed by atoms with Crippen molar-refractivity contribution in [3.63, 3.8) is 0 Å². The molecule has 1 atom stereocenters. The number of furan rings is 1. The maximum absolute atomic E-state index is 12.3. The van der Waals surface area contributed by atoms with E-state index in [1.807, 2.05) is 17.0 Å². The van der Waals surface area contributed by atoms with Crippen molar-refractivity contribution < 1.29 is 19.4 Å². The third kappa shape index (κ3) is 4.02. The summed E-state index contributed by atoms with van der Waals surface area (Å²) in [5, 5.41) is 19.4. The molecule has 1 unspecified atom stereocenters. The van der Waals surface area contributed by atoms with E-state index in [9.17, 15) is 15.0 Å². The summed E-state index contributed by atoms with van der Waals surface area (Å²) in [5.41, 5.74) is 0.668. The van der Waals surface area contributed by atoms with Gasteiger partial charge in [-0.2, -0.15) is 11.8 Å². The maximum atomic E-state index is 12.3. The smallest absolute Gasteiger partial charge is 0.224 e. The number of carbonyl (C=O) groups excluding carboxylic acids is 1. The summed E-state index contributed by atoms with van der Waals surface area (Å²) >= 11 is 3.35. The molecule has 1 amide bonds. The van der Waals surface area contributed by atoms with Gasteiger partial charge in [-0.3, -0.25) is 4.79 Å². The van der Waals surface area contributed by atoms with Crippen molar-refractivity contribution in [3.8, 4) is 11.5 Å². The first-order valence-corrected chi connectivity index (χ1v) is 9.88. The number of thioether (sulfide) groups is 2. The van der Waals surface area contributed by atoms with Crippen LogP contribution in [-0.4, -0.2) is 39.1 Å². The Morgan fingerprint density at radius 2 is 2.21 bits per heavy atom. The Labute approximate surface area is 149 Å². The van der Waals surface area contributed by atoms with Gasteiger partial charge < -0.3 is 19.5 Å². The number of carbonyl (C=O) groups is 1. The number of amides is 1. The molecule has 0 radical (unpaired) electrons. The Morgan fingerprint density at radius 3 is 2.96 bits per heavy atom. The van der Waals surface area contributed by atoms with Gasteiger partial charge in [-0.05, 0) is 24.3 Å². The minimum Gasteiger partial charge on any atom is -0.508 e. The molecule has 2 aromatic rings. The highest BCUT2D eigenvalue weighted by Crippen LogP contribution is 2.41. The summed E-state index contributed by atoms with van der Waals surface area (Å²) in [5.74, 6) is 3.37. The standard InChI is InChI=1S/C17H19NO4S2/c19-12-3-4-14(15(20)10-12)17-18(16(21)5-8-24-17)6-9-23-11-13-2-1-7-22-13/h1-4,7,10,17,19-20H,5-6,8-9,11H2. The van der Waals surface area contributed by atoms with E-state index in [-0.39, 0.29) is 22.8 Å². The normalized spacial score (nSPS) is 18.1. The minimum absolute atomic E-state index is 0.0175. The second-order valence-corrected chi connectivity index (χ2v) is 7.73. The van der Waals surface area contributed by atoms with Crippen LogP contribution in [0.15, 0.2) is 41.0 Å². The molecular formula is C17H19NO4S2. The van der Waals surface area contributed by atoms with Crippen LogP contribution in [0.5, 0.6) is 11.5 Å². The molecule has 1 saturated heterocycles. The van der Waals surface area contributed by atoms with Crippen molar-refractivity contribution in [2.75, 3.05) is 18.1 Å². The van der Waals surface area contributed by atoms with E-state index in [0.29, 0.717) is 18.5 Å². The molecule has 7 heteroatoms. The average molecular weight is 365 g/mol. The van der Waals surface area contributed by atoms with Gasteiger partial charge in [0.15, 0.2) is 0 Å². The number of nitrogens with zero attached hydrogens (tertiary/aromatic N) is 1. The molecule has 2 heterocycles. The molecule has 5 nitrogen and oxygen atoms in total. The number of benzene rings is 1. The lowest BCUT2D eigenvalue weighted by atomic mass is 10.1. The Kier molecular flexibility index (Phi) is 5.63. The lowest BCUT2D eigenvalue weighted by Crippen LogP contribution is -2.38. The number of phenolic OH excluding ortho intramolecular Hbond substituents is 2. The fourth-order valence-corrected chi connectivity index (χ4v) is 4.73. The van der Waals surface area contributed by atoms with Gasteiger partial charge >= 0.3 is 0 Å². The van der Waals surface area contributed by atoms with Gasteiger partial charge in [0.05, 0.1) is 12.0 Å². The second-order valence-electron chi connectivity index (χ2n) is 5.44. The molecule has 3 rings (SSSR count). The van der Waals surface area contributed by atoms with E-state index in [4.69, 9.17) is 4.42 Å². The lowest BCUT2D eigenvalue weighted by molar-refractivity contribution is -0.131. The predicted octanol–water partition coefficient (Wildman–Crippen LogP) is 3.59. The molecule has 1 aliphatic heterocycles. The van der Waals surface area contributed by atoms with Crippen LogP contribution in [-0.2, 0) is 10.5 Å².